The Morgan fingerprint density at radius 1 is 1.23 bits per heavy atom. The van der Waals surface area contributed by atoms with Gasteiger partial charge in [-0.1, -0.05) is 25.4 Å². The minimum Gasteiger partial charge on any atom is -0.481 e. The molecule has 0 aromatic heterocycles. The van der Waals surface area contributed by atoms with E-state index in [1.165, 1.54) is 19.2 Å². The number of rotatable bonds is 4. The fourth-order valence-electron chi connectivity index (χ4n) is 2.72. The molecule has 1 saturated carbocycles. The van der Waals surface area contributed by atoms with E-state index in [1.807, 2.05) is 0 Å². The second-order valence-electron chi connectivity index (χ2n) is 5.88. The highest BCUT2D eigenvalue weighted by atomic mass is 35.5. The highest BCUT2D eigenvalue weighted by Gasteiger charge is 2.65. The predicted molar refractivity (Wildman–Crippen MR) is 81.9 cm³/mol. The molecule has 1 aromatic carbocycles. The summed E-state index contributed by atoms with van der Waals surface area (Å²) in [4.78, 5) is 34.8. The van der Waals surface area contributed by atoms with Crippen LogP contribution in [0, 0.1) is 17.3 Å². The molecule has 1 aromatic rings. The number of carboxylic acids is 1. The lowest BCUT2D eigenvalue weighted by atomic mass is 10.1. The van der Waals surface area contributed by atoms with Crippen LogP contribution < -0.4 is 10.6 Å². The highest BCUT2D eigenvalue weighted by molar-refractivity contribution is 6.34. The van der Waals surface area contributed by atoms with Gasteiger partial charge in [0.15, 0.2) is 0 Å². The molecule has 1 aliphatic rings. The van der Waals surface area contributed by atoms with Crippen molar-refractivity contribution in [2.24, 2.45) is 17.3 Å². The van der Waals surface area contributed by atoms with Gasteiger partial charge in [-0.05, 0) is 23.6 Å². The van der Waals surface area contributed by atoms with Crippen LogP contribution in [0.5, 0.6) is 0 Å². The van der Waals surface area contributed by atoms with Crippen molar-refractivity contribution in [1.29, 1.82) is 0 Å². The van der Waals surface area contributed by atoms with Gasteiger partial charge < -0.3 is 15.7 Å². The van der Waals surface area contributed by atoms with Gasteiger partial charge in [0.05, 0.1) is 22.4 Å². The van der Waals surface area contributed by atoms with Crippen LogP contribution in [-0.2, 0) is 9.59 Å². The van der Waals surface area contributed by atoms with Crippen LogP contribution in [0.4, 0.5) is 5.69 Å². The molecular formula is C15H17ClN2O4. The van der Waals surface area contributed by atoms with Crippen molar-refractivity contribution < 1.29 is 19.5 Å². The van der Waals surface area contributed by atoms with Crippen molar-refractivity contribution in [2.45, 2.75) is 13.8 Å². The Labute approximate surface area is 132 Å². The van der Waals surface area contributed by atoms with Gasteiger partial charge in [0.25, 0.3) is 5.91 Å². The number of hydrogen-bond acceptors (Lipinski definition) is 3. The molecule has 0 bridgehead atoms. The fraction of sp³-hybridized carbons (Fsp3) is 0.400. The van der Waals surface area contributed by atoms with Gasteiger partial charge in [0.1, 0.15) is 0 Å². The first-order valence-corrected chi connectivity index (χ1v) is 7.13. The largest absolute Gasteiger partial charge is 0.481 e. The third-order valence-electron chi connectivity index (χ3n) is 4.08. The Balaban J connectivity index is 2.12. The molecule has 2 rings (SSSR count). The molecule has 1 aliphatic carbocycles. The summed E-state index contributed by atoms with van der Waals surface area (Å²) >= 11 is 6.01. The Bertz CT molecular complexity index is 657. The number of halogens is 1. The van der Waals surface area contributed by atoms with Crippen LogP contribution in [-0.4, -0.2) is 29.9 Å². The maximum Gasteiger partial charge on any atom is 0.307 e. The van der Waals surface area contributed by atoms with Gasteiger partial charge in [0, 0.05) is 12.7 Å². The van der Waals surface area contributed by atoms with Gasteiger partial charge in [-0.2, -0.15) is 0 Å². The SMILES string of the molecule is CNC(=O)c1ccc(NC(=O)[C@H]2[C@H](C(=O)O)C2(C)C)cc1Cl. The molecule has 118 valence electrons. The minimum atomic E-state index is -0.974. The lowest BCUT2D eigenvalue weighted by molar-refractivity contribution is -0.140. The molecule has 0 spiro atoms. The molecule has 2 atom stereocenters. The Kier molecular flexibility index (Phi) is 4.15. The number of benzene rings is 1. The molecule has 2 amide bonds. The van der Waals surface area contributed by atoms with Crippen molar-refractivity contribution in [3.8, 4) is 0 Å². The van der Waals surface area contributed by atoms with Crippen LogP contribution in [0.3, 0.4) is 0 Å². The lowest BCUT2D eigenvalue weighted by Crippen LogP contribution is -2.19. The number of carbonyl (C=O) groups is 3. The van der Waals surface area contributed by atoms with Gasteiger partial charge in [0.2, 0.25) is 5.91 Å². The standard InChI is InChI=1S/C15H17ClN2O4/c1-15(2)10(11(15)14(21)22)13(20)18-7-4-5-8(9(16)6-7)12(19)17-3/h4-6,10-11H,1-3H3,(H,17,19)(H,18,20)(H,21,22)/t10-,11-/m1/s1. The average molecular weight is 325 g/mol. The number of carboxylic acid groups (broad SMARTS) is 1. The smallest absolute Gasteiger partial charge is 0.307 e. The summed E-state index contributed by atoms with van der Waals surface area (Å²) < 4.78 is 0. The molecule has 0 radical (unpaired) electrons. The topological polar surface area (TPSA) is 95.5 Å². The Morgan fingerprint density at radius 3 is 2.32 bits per heavy atom. The zero-order valence-electron chi connectivity index (χ0n) is 12.4. The molecule has 0 saturated heterocycles. The molecular weight excluding hydrogens is 308 g/mol. The first-order valence-electron chi connectivity index (χ1n) is 6.75. The van der Waals surface area contributed by atoms with E-state index in [2.05, 4.69) is 10.6 Å². The first-order chi connectivity index (χ1) is 10.2. The summed E-state index contributed by atoms with van der Waals surface area (Å²) in [5.74, 6) is -2.92. The van der Waals surface area contributed by atoms with Crippen LogP contribution in [0.2, 0.25) is 5.02 Å². The molecule has 22 heavy (non-hydrogen) atoms. The molecule has 6 nitrogen and oxygen atoms in total. The molecule has 0 unspecified atom stereocenters. The van der Waals surface area contributed by atoms with E-state index in [9.17, 15) is 14.4 Å². The normalized spacial score (nSPS) is 21.8. The van der Waals surface area contributed by atoms with Crippen molar-refractivity contribution in [2.75, 3.05) is 12.4 Å². The summed E-state index contributed by atoms with van der Waals surface area (Å²) in [7, 11) is 1.50. The summed E-state index contributed by atoms with van der Waals surface area (Å²) in [6.07, 6.45) is 0. The summed E-state index contributed by atoms with van der Waals surface area (Å²) in [5, 5.41) is 14.4. The molecule has 1 fully saturated rings. The molecule has 0 heterocycles. The Morgan fingerprint density at radius 2 is 1.86 bits per heavy atom. The number of aliphatic carboxylic acids is 1. The Hall–Kier alpha value is -2.08. The van der Waals surface area contributed by atoms with Crippen molar-refractivity contribution in [1.82, 2.24) is 5.32 Å². The third-order valence-corrected chi connectivity index (χ3v) is 4.40. The van der Waals surface area contributed by atoms with E-state index in [1.54, 1.807) is 19.9 Å². The average Bonchev–Trinajstić information content (AvgIpc) is 3.01. The molecule has 3 N–H and O–H groups in total. The van der Waals surface area contributed by atoms with Crippen molar-refractivity contribution in [3.63, 3.8) is 0 Å². The van der Waals surface area contributed by atoms with Gasteiger partial charge >= 0.3 is 5.97 Å². The van der Waals surface area contributed by atoms with E-state index >= 15 is 0 Å². The molecule has 7 heteroatoms. The monoisotopic (exact) mass is 324 g/mol. The van der Waals surface area contributed by atoms with Gasteiger partial charge in [-0.25, -0.2) is 0 Å². The summed E-state index contributed by atoms with van der Waals surface area (Å²) in [6, 6.07) is 4.53. The second-order valence-corrected chi connectivity index (χ2v) is 6.29. The van der Waals surface area contributed by atoms with Crippen LogP contribution >= 0.6 is 11.6 Å². The zero-order valence-corrected chi connectivity index (χ0v) is 13.2. The van der Waals surface area contributed by atoms with Crippen molar-refractivity contribution in [3.05, 3.63) is 28.8 Å². The molecule has 0 aliphatic heterocycles. The van der Waals surface area contributed by atoms with Crippen molar-refractivity contribution >= 4 is 35.1 Å². The van der Waals surface area contributed by atoms with Gasteiger partial charge in [-0.15, -0.1) is 0 Å². The maximum absolute atomic E-state index is 12.2. The number of nitrogens with one attached hydrogen (secondary N) is 2. The third kappa shape index (κ3) is 2.78. The second kappa shape index (κ2) is 5.61. The van der Waals surface area contributed by atoms with Crippen LogP contribution in [0.25, 0.3) is 0 Å². The van der Waals surface area contributed by atoms with Gasteiger partial charge in [-0.3, -0.25) is 14.4 Å². The summed E-state index contributed by atoms with van der Waals surface area (Å²) in [6.45, 7) is 3.50. The summed E-state index contributed by atoms with van der Waals surface area (Å²) in [5.41, 5.74) is 0.161. The lowest BCUT2D eigenvalue weighted by Gasteiger charge is -2.08. The van der Waals surface area contributed by atoms with Crippen LogP contribution in [0.15, 0.2) is 18.2 Å². The van der Waals surface area contributed by atoms with Crippen LogP contribution in [0.1, 0.15) is 24.2 Å². The fourth-order valence-corrected chi connectivity index (χ4v) is 2.99. The van der Waals surface area contributed by atoms with E-state index in [-0.39, 0.29) is 16.8 Å². The maximum atomic E-state index is 12.2. The zero-order chi connectivity index (χ0) is 16.7. The minimum absolute atomic E-state index is 0.210. The quantitative estimate of drug-likeness (QED) is 0.789. The number of amides is 2. The van der Waals surface area contributed by atoms with E-state index in [0.717, 1.165) is 0 Å². The predicted octanol–water partition coefficient (Wildman–Crippen LogP) is 1.99. The van der Waals surface area contributed by atoms with E-state index < -0.39 is 23.2 Å². The highest BCUT2D eigenvalue weighted by Crippen LogP contribution is 2.58. The first kappa shape index (κ1) is 16.3. The van der Waals surface area contributed by atoms with E-state index in [4.69, 9.17) is 16.7 Å². The number of anilines is 1. The number of hydrogen-bond donors (Lipinski definition) is 3. The number of carbonyl (C=O) groups excluding carboxylic acids is 2. The van der Waals surface area contributed by atoms with E-state index in [0.29, 0.717) is 11.3 Å².